The molecule has 1 heterocycles. The van der Waals surface area contributed by atoms with Crippen LogP contribution in [0, 0.1) is 0 Å². The summed E-state index contributed by atoms with van der Waals surface area (Å²) in [7, 11) is 0. The lowest BCUT2D eigenvalue weighted by Gasteiger charge is -2.08. The van der Waals surface area contributed by atoms with Crippen molar-refractivity contribution in [3.05, 3.63) is 36.7 Å². The summed E-state index contributed by atoms with van der Waals surface area (Å²) < 4.78 is 0. The van der Waals surface area contributed by atoms with Gasteiger partial charge < -0.3 is 11.5 Å². The summed E-state index contributed by atoms with van der Waals surface area (Å²) in [5, 5.41) is 0. The Kier molecular flexibility index (Phi) is 3.36. The van der Waals surface area contributed by atoms with Crippen molar-refractivity contribution in [2.24, 2.45) is 5.73 Å². The van der Waals surface area contributed by atoms with Crippen LogP contribution in [0.5, 0.6) is 0 Å². The number of nitrogens with zero attached hydrogens (tertiary/aromatic N) is 1. The van der Waals surface area contributed by atoms with Crippen LogP contribution in [0.2, 0.25) is 0 Å². The maximum Gasteiger partial charge on any atom is 0.183 e. The van der Waals surface area contributed by atoms with E-state index in [1.54, 1.807) is 12.1 Å². The standard InChI is InChI=1S/C10H13N3O/c1-2-3-9(12)10(14)7-6-13-5-4-8(7)11/h2,4-6,9H,1,3,12H2,(H2,11,13). The molecule has 74 valence electrons. The van der Waals surface area contributed by atoms with Crippen LogP contribution in [0.4, 0.5) is 5.69 Å². The van der Waals surface area contributed by atoms with Gasteiger partial charge in [-0.05, 0) is 12.5 Å². The second-order valence-corrected chi connectivity index (χ2v) is 2.96. The third-order valence-electron chi connectivity index (χ3n) is 1.88. The van der Waals surface area contributed by atoms with Gasteiger partial charge in [-0.25, -0.2) is 0 Å². The molecule has 0 radical (unpaired) electrons. The van der Waals surface area contributed by atoms with E-state index in [0.717, 1.165) is 0 Å². The minimum Gasteiger partial charge on any atom is -0.398 e. The van der Waals surface area contributed by atoms with E-state index in [1.807, 2.05) is 0 Å². The summed E-state index contributed by atoms with van der Waals surface area (Å²) in [6.07, 6.45) is 5.01. The predicted octanol–water partition coefficient (Wildman–Crippen LogP) is 0.750. The summed E-state index contributed by atoms with van der Waals surface area (Å²) in [5.74, 6) is -0.199. The largest absolute Gasteiger partial charge is 0.398 e. The average Bonchev–Trinajstić information content (AvgIpc) is 2.18. The molecule has 1 rings (SSSR count). The number of anilines is 1. The molecule has 0 bridgehead atoms. The minimum atomic E-state index is -0.584. The fourth-order valence-electron chi connectivity index (χ4n) is 1.10. The Morgan fingerprint density at radius 3 is 3.00 bits per heavy atom. The van der Waals surface area contributed by atoms with Crippen LogP contribution >= 0.6 is 0 Å². The number of carbonyl (C=O) groups is 1. The number of hydrogen-bond acceptors (Lipinski definition) is 4. The fourth-order valence-corrected chi connectivity index (χ4v) is 1.10. The number of rotatable bonds is 4. The molecule has 0 fully saturated rings. The van der Waals surface area contributed by atoms with Crippen molar-refractivity contribution in [2.45, 2.75) is 12.5 Å². The highest BCUT2D eigenvalue weighted by atomic mass is 16.1. The lowest BCUT2D eigenvalue weighted by atomic mass is 10.0. The molecular formula is C10H13N3O. The number of hydrogen-bond donors (Lipinski definition) is 2. The minimum absolute atomic E-state index is 0.199. The lowest BCUT2D eigenvalue weighted by molar-refractivity contribution is 0.0962. The zero-order valence-electron chi connectivity index (χ0n) is 7.81. The third-order valence-corrected chi connectivity index (χ3v) is 1.88. The Hall–Kier alpha value is -1.68. The molecule has 1 aromatic rings. The van der Waals surface area contributed by atoms with Gasteiger partial charge in [-0.2, -0.15) is 0 Å². The topological polar surface area (TPSA) is 82.0 Å². The molecule has 0 saturated heterocycles. The van der Waals surface area contributed by atoms with Gasteiger partial charge in [0, 0.05) is 18.1 Å². The molecule has 0 aliphatic rings. The van der Waals surface area contributed by atoms with Crippen molar-refractivity contribution in [3.63, 3.8) is 0 Å². The van der Waals surface area contributed by atoms with E-state index in [-0.39, 0.29) is 5.78 Å². The maximum absolute atomic E-state index is 11.7. The Labute approximate surface area is 82.6 Å². The number of Topliss-reactive ketones (excluding diaryl/α,β-unsaturated/α-hetero) is 1. The fraction of sp³-hybridized carbons (Fsp3) is 0.200. The first-order valence-corrected chi connectivity index (χ1v) is 4.27. The summed E-state index contributed by atoms with van der Waals surface area (Å²) in [5.41, 5.74) is 12.0. The number of nitrogen functional groups attached to an aromatic ring is 1. The van der Waals surface area contributed by atoms with E-state index in [4.69, 9.17) is 11.5 Å². The van der Waals surface area contributed by atoms with E-state index in [1.165, 1.54) is 12.4 Å². The quantitative estimate of drug-likeness (QED) is 0.543. The summed E-state index contributed by atoms with van der Waals surface area (Å²) in [6.45, 7) is 3.52. The lowest BCUT2D eigenvalue weighted by Crippen LogP contribution is -2.30. The molecule has 0 spiro atoms. The highest BCUT2D eigenvalue weighted by Gasteiger charge is 2.16. The van der Waals surface area contributed by atoms with E-state index >= 15 is 0 Å². The monoisotopic (exact) mass is 191 g/mol. The smallest absolute Gasteiger partial charge is 0.183 e. The van der Waals surface area contributed by atoms with Gasteiger partial charge in [-0.3, -0.25) is 9.78 Å². The molecule has 1 unspecified atom stereocenters. The van der Waals surface area contributed by atoms with Gasteiger partial charge >= 0.3 is 0 Å². The zero-order valence-corrected chi connectivity index (χ0v) is 7.81. The van der Waals surface area contributed by atoms with Gasteiger partial charge in [-0.15, -0.1) is 6.58 Å². The molecule has 0 amide bonds. The van der Waals surface area contributed by atoms with Crippen molar-refractivity contribution in [1.29, 1.82) is 0 Å². The number of pyridine rings is 1. The number of nitrogens with two attached hydrogens (primary N) is 2. The first-order valence-electron chi connectivity index (χ1n) is 4.27. The Morgan fingerprint density at radius 2 is 2.43 bits per heavy atom. The van der Waals surface area contributed by atoms with Crippen LogP contribution in [0.1, 0.15) is 16.8 Å². The maximum atomic E-state index is 11.7. The zero-order chi connectivity index (χ0) is 10.6. The molecule has 0 aromatic carbocycles. The van der Waals surface area contributed by atoms with Crippen molar-refractivity contribution >= 4 is 11.5 Å². The van der Waals surface area contributed by atoms with Gasteiger partial charge in [-0.1, -0.05) is 6.08 Å². The molecule has 0 aliphatic heterocycles. The van der Waals surface area contributed by atoms with E-state index in [2.05, 4.69) is 11.6 Å². The Morgan fingerprint density at radius 1 is 1.71 bits per heavy atom. The normalized spacial score (nSPS) is 12.1. The van der Waals surface area contributed by atoms with E-state index in [0.29, 0.717) is 17.7 Å². The van der Waals surface area contributed by atoms with E-state index in [9.17, 15) is 4.79 Å². The highest BCUT2D eigenvalue weighted by molar-refractivity contribution is 6.03. The SMILES string of the molecule is C=CCC(N)C(=O)c1cnccc1N. The van der Waals surface area contributed by atoms with Crippen LogP contribution in [0.15, 0.2) is 31.1 Å². The summed E-state index contributed by atoms with van der Waals surface area (Å²) >= 11 is 0. The number of aromatic nitrogens is 1. The molecule has 4 heteroatoms. The molecule has 14 heavy (non-hydrogen) atoms. The second kappa shape index (κ2) is 4.53. The van der Waals surface area contributed by atoms with Gasteiger partial charge in [0.2, 0.25) is 0 Å². The van der Waals surface area contributed by atoms with E-state index < -0.39 is 6.04 Å². The molecular weight excluding hydrogens is 178 g/mol. The molecule has 1 aromatic heterocycles. The summed E-state index contributed by atoms with van der Waals surface area (Å²) in [4.78, 5) is 15.5. The van der Waals surface area contributed by atoms with Crippen molar-refractivity contribution in [3.8, 4) is 0 Å². The van der Waals surface area contributed by atoms with Gasteiger partial charge in [0.1, 0.15) is 0 Å². The predicted molar refractivity (Wildman–Crippen MR) is 55.8 cm³/mol. The average molecular weight is 191 g/mol. The first kappa shape index (κ1) is 10.4. The van der Waals surface area contributed by atoms with Crippen LogP contribution in [0.3, 0.4) is 0 Å². The van der Waals surface area contributed by atoms with Crippen molar-refractivity contribution < 1.29 is 4.79 Å². The molecule has 0 saturated carbocycles. The van der Waals surface area contributed by atoms with Gasteiger partial charge in [0.15, 0.2) is 5.78 Å². The Balaban J connectivity index is 2.89. The third kappa shape index (κ3) is 2.17. The molecule has 0 aliphatic carbocycles. The van der Waals surface area contributed by atoms with Crippen LogP contribution in [-0.4, -0.2) is 16.8 Å². The van der Waals surface area contributed by atoms with Crippen LogP contribution < -0.4 is 11.5 Å². The number of ketones is 1. The second-order valence-electron chi connectivity index (χ2n) is 2.96. The van der Waals surface area contributed by atoms with Gasteiger partial charge in [0.25, 0.3) is 0 Å². The molecule has 1 atom stereocenters. The molecule has 4 nitrogen and oxygen atoms in total. The van der Waals surface area contributed by atoms with Crippen LogP contribution in [-0.2, 0) is 0 Å². The highest BCUT2D eigenvalue weighted by Crippen LogP contribution is 2.11. The first-order chi connectivity index (χ1) is 6.66. The van der Waals surface area contributed by atoms with Gasteiger partial charge in [0.05, 0.1) is 11.6 Å². The molecule has 4 N–H and O–H groups in total. The van der Waals surface area contributed by atoms with Crippen molar-refractivity contribution in [1.82, 2.24) is 4.98 Å². The Bertz CT molecular complexity index is 349. The van der Waals surface area contributed by atoms with Crippen LogP contribution in [0.25, 0.3) is 0 Å². The summed E-state index contributed by atoms with van der Waals surface area (Å²) in [6, 6.07) is 0.993. The van der Waals surface area contributed by atoms with Crippen molar-refractivity contribution in [2.75, 3.05) is 5.73 Å². The number of carbonyl (C=O) groups excluding carboxylic acids is 1.